The largest absolute Gasteiger partial charge is 0.247 e. The second kappa shape index (κ2) is 4.20. The molecule has 1 heterocycles. The van der Waals surface area contributed by atoms with Crippen LogP contribution in [0.3, 0.4) is 0 Å². The van der Waals surface area contributed by atoms with Crippen LogP contribution in [0.15, 0.2) is 21.8 Å². The van der Waals surface area contributed by atoms with Gasteiger partial charge in [-0.3, -0.25) is 0 Å². The fourth-order valence-corrected chi connectivity index (χ4v) is 2.35. The van der Waals surface area contributed by atoms with Crippen molar-refractivity contribution in [3.63, 3.8) is 0 Å². The first kappa shape index (κ1) is 11.3. The van der Waals surface area contributed by atoms with Crippen LogP contribution < -0.4 is 0 Å². The number of halogens is 2. The van der Waals surface area contributed by atoms with E-state index in [1.54, 1.807) is 18.0 Å². The summed E-state index contributed by atoms with van der Waals surface area (Å²) in [4.78, 5) is 4.25. The molecule has 0 aromatic carbocycles. The molecule has 0 aliphatic heterocycles. The Labute approximate surface area is 96.4 Å². The summed E-state index contributed by atoms with van der Waals surface area (Å²) in [5.74, 6) is 0. The van der Waals surface area contributed by atoms with E-state index in [4.69, 9.17) is 11.6 Å². The van der Waals surface area contributed by atoms with Gasteiger partial charge in [-0.1, -0.05) is 44.1 Å². The number of rotatable bonds is 1. The third-order valence-electron chi connectivity index (χ3n) is 1.18. The van der Waals surface area contributed by atoms with Crippen molar-refractivity contribution >= 4 is 39.3 Å². The van der Waals surface area contributed by atoms with Gasteiger partial charge in [0.2, 0.25) is 0 Å². The van der Waals surface area contributed by atoms with E-state index in [-0.39, 0.29) is 4.75 Å². The lowest BCUT2D eigenvalue weighted by atomic mass is 10.3. The molecule has 72 valence electrons. The van der Waals surface area contributed by atoms with Gasteiger partial charge >= 0.3 is 0 Å². The van der Waals surface area contributed by atoms with E-state index >= 15 is 0 Å². The highest BCUT2D eigenvalue weighted by Crippen LogP contribution is 2.35. The van der Waals surface area contributed by atoms with E-state index < -0.39 is 0 Å². The molecule has 1 aromatic rings. The summed E-state index contributed by atoms with van der Waals surface area (Å²) >= 11 is 11.0. The number of nitrogens with zero attached hydrogens (tertiary/aromatic N) is 1. The topological polar surface area (TPSA) is 12.9 Å². The van der Waals surface area contributed by atoms with Crippen LogP contribution in [0.2, 0.25) is 5.02 Å². The standard InChI is InChI=1S/C9H11BrClNS/c1-9(2,3)13-8-7(11)4-6(10)5-12-8/h4-5H,1-3H3. The Bertz CT molecular complexity index is 309. The molecule has 13 heavy (non-hydrogen) atoms. The lowest BCUT2D eigenvalue weighted by molar-refractivity contribution is 0.799. The van der Waals surface area contributed by atoms with Gasteiger partial charge in [-0.05, 0) is 22.0 Å². The first-order valence-electron chi connectivity index (χ1n) is 3.88. The van der Waals surface area contributed by atoms with Crippen LogP contribution in [0.5, 0.6) is 0 Å². The minimum atomic E-state index is 0.143. The highest BCUT2D eigenvalue weighted by atomic mass is 79.9. The molecule has 0 aliphatic rings. The van der Waals surface area contributed by atoms with Crippen molar-refractivity contribution in [2.45, 2.75) is 30.5 Å². The molecule has 0 aliphatic carbocycles. The Hall–Kier alpha value is 0.270. The van der Waals surface area contributed by atoms with E-state index in [0.717, 1.165) is 9.50 Å². The van der Waals surface area contributed by atoms with E-state index in [0.29, 0.717) is 5.02 Å². The smallest absolute Gasteiger partial charge is 0.115 e. The Morgan fingerprint density at radius 1 is 1.46 bits per heavy atom. The third kappa shape index (κ3) is 3.88. The van der Waals surface area contributed by atoms with Crippen molar-refractivity contribution in [3.05, 3.63) is 21.8 Å². The predicted molar refractivity (Wildman–Crippen MR) is 62.6 cm³/mol. The molecule has 0 N–H and O–H groups in total. The summed E-state index contributed by atoms with van der Waals surface area (Å²) < 4.78 is 1.06. The Morgan fingerprint density at radius 2 is 2.08 bits per heavy atom. The van der Waals surface area contributed by atoms with Gasteiger partial charge in [0, 0.05) is 15.4 Å². The molecule has 0 saturated carbocycles. The summed E-state index contributed by atoms with van der Waals surface area (Å²) in [6, 6.07) is 1.86. The predicted octanol–water partition coefficient (Wildman–Crippen LogP) is 4.39. The normalized spacial score (nSPS) is 11.8. The molecule has 0 unspecified atom stereocenters. The van der Waals surface area contributed by atoms with Gasteiger partial charge in [0.1, 0.15) is 5.03 Å². The van der Waals surface area contributed by atoms with Crippen molar-refractivity contribution in [1.82, 2.24) is 4.98 Å². The van der Waals surface area contributed by atoms with Gasteiger partial charge < -0.3 is 0 Å². The molecule has 0 spiro atoms. The number of hydrogen-bond acceptors (Lipinski definition) is 2. The zero-order valence-electron chi connectivity index (χ0n) is 7.77. The van der Waals surface area contributed by atoms with Crippen LogP contribution in [0.4, 0.5) is 0 Å². The van der Waals surface area contributed by atoms with Gasteiger partial charge in [0.25, 0.3) is 0 Å². The third-order valence-corrected chi connectivity index (χ3v) is 3.14. The maximum absolute atomic E-state index is 6.02. The SMILES string of the molecule is CC(C)(C)Sc1ncc(Br)cc1Cl. The highest BCUT2D eigenvalue weighted by molar-refractivity contribution is 9.10. The van der Waals surface area contributed by atoms with Crippen LogP contribution >= 0.6 is 39.3 Å². The van der Waals surface area contributed by atoms with Crippen LogP contribution in [0.1, 0.15) is 20.8 Å². The number of aromatic nitrogens is 1. The van der Waals surface area contributed by atoms with Crippen molar-refractivity contribution in [2.75, 3.05) is 0 Å². The quantitative estimate of drug-likeness (QED) is 0.708. The van der Waals surface area contributed by atoms with Crippen molar-refractivity contribution in [1.29, 1.82) is 0 Å². The van der Waals surface area contributed by atoms with Crippen LogP contribution in [0.25, 0.3) is 0 Å². The maximum atomic E-state index is 6.02. The molecule has 1 nitrogen and oxygen atoms in total. The molecule has 0 radical (unpaired) electrons. The lowest BCUT2D eigenvalue weighted by Crippen LogP contribution is -2.07. The molecule has 0 bridgehead atoms. The average Bonchev–Trinajstić information content (AvgIpc) is 1.93. The van der Waals surface area contributed by atoms with E-state index in [1.807, 2.05) is 6.07 Å². The van der Waals surface area contributed by atoms with Gasteiger partial charge in [-0.15, -0.1) is 0 Å². The molecule has 1 aromatic heterocycles. The summed E-state index contributed by atoms with van der Waals surface area (Å²) in [6.45, 7) is 6.41. The fraction of sp³-hybridized carbons (Fsp3) is 0.444. The highest BCUT2D eigenvalue weighted by Gasteiger charge is 2.15. The zero-order chi connectivity index (χ0) is 10.1. The zero-order valence-corrected chi connectivity index (χ0v) is 10.9. The lowest BCUT2D eigenvalue weighted by Gasteiger charge is -2.17. The Morgan fingerprint density at radius 3 is 2.54 bits per heavy atom. The Balaban J connectivity index is 2.90. The second-order valence-corrected chi connectivity index (χ2v) is 6.79. The fourth-order valence-electron chi connectivity index (χ4n) is 0.767. The second-order valence-electron chi connectivity index (χ2n) is 3.65. The van der Waals surface area contributed by atoms with E-state index in [1.165, 1.54) is 0 Å². The monoisotopic (exact) mass is 279 g/mol. The van der Waals surface area contributed by atoms with Crippen molar-refractivity contribution < 1.29 is 0 Å². The number of thioether (sulfide) groups is 1. The number of pyridine rings is 1. The minimum Gasteiger partial charge on any atom is -0.247 e. The minimum absolute atomic E-state index is 0.143. The van der Waals surface area contributed by atoms with Gasteiger partial charge in [-0.25, -0.2) is 4.98 Å². The molecule has 0 fully saturated rings. The summed E-state index contributed by atoms with van der Waals surface area (Å²) in [5, 5.41) is 1.59. The van der Waals surface area contributed by atoms with Crippen LogP contribution in [0, 0.1) is 0 Å². The first-order valence-corrected chi connectivity index (χ1v) is 5.87. The van der Waals surface area contributed by atoms with E-state index in [2.05, 4.69) is 41.7 Å². The number of hydrogen-bond donors (Lipinski definition) is 0. The van der Waals surface area contributed by atoms with E-state index in [9.17, 15) is 0 Å². The Kier molecular flexibility index (Phi) is 3.66. The summed E-state index contributed by atoms with van der Waals surface area (Å²) in [7, 11) is 0. The van der Waals surface area contributed by atoms with Crippen molar-refractivity contribution in [3.8, 4) is 0 Å². The van der Waals surface area contributed by atoms with Crippen molar-refractivity contribution in [2.24, 2.45) is 0 Å². The molecular weight excluding hydrogens is 270 g/mol. The average molecular weight is 281 g/mol. The van der Waals surface area contributed by atoms with Crippen LogP contribution in [-0.2, 0) is 0 Å². The molecular formula is C9H11BrClNS. The van der Waals surface area contributed by atoms with Gasteiger partial charge in [-0.2, -0.15) is 0 Å². The molecule has 0 atom stereocenters. The summed E-state index contributed by atoms with van der Waals surface area (Å²) in [6.07, 6.45) is 1.76. The summed E-state index contributed by atoms with van der Waals surface area (Å²) in [5.41, 5.74) is 0. The molecule has 0 saturated heterocycles. The van der Waals surface area contributed by atoms with Crippen LogP contribution in [-0.4, -0.2) is 9.73 Å². The molecule has 1 rings (SSSR count). The first-order chi connectivity index (χ1) is 5.88. The van der Waals surface area contributed by atoms with Gasteiger partial charge in [0.15, 0.2) is 0 Å². The molecule has 0 amide bonds. The maximum Gasteiger partial charge on any atom is 0.115 e. The molecule has 4 heteroatoms. The van der Waals surface area contributed by atoms with Gasteiger partial charge in [0.05, 0.1) is 5.02 Å².